The predicted molar refractivity (Wildman–Crippen MR) is 115 cm³/mol. The largest absolute Gasteiger partial charge is 0.389 e. The Morgan fingerprint density at radius 2 is 1.84 bits per heavy atom. The number of rotatable bonds is 7. The average Bonchev–Trinajstić information content (AvgIpc) is 3.51. The molecule has 0 spiro atoms. The van der Waals surface area contributed by atoms with E-state index in [1.54, 1.807) is 0 Å². The van der Waals surface area contributed by atoms with Crippen LogP contribution in [-0.4, -0.2) is 67.8 Å². The summed E-state index contributed by atoms with van der Waals surface area (Å²) >= 11 is 0. The van der Waals surface area contributed by atoms with Crippen LogP contribution in [0.15, 0.2) is 46.7 Å². The van der Waals surface area contributed by atoms with E-state index in [9.17, 15) is 13.2 Å². The van der Waals surface area contributed by atoms with E-state index in [1.165, 1.54) is 36.7 Å². The first kappa shape index (κ1) is 22.1. The molecule has 3 N–H and O–H groups in total. The summed E-state index contributed by atoms with van der Waals surface area (Å²) in [6.45, 7) is 1.54. The molecule has 2 aliphatic rings. The summed E-state index contributed by atoms with van der Waals surface area (Å²) in [5.41, 5.74) is 5.86. The third kappa shape index (κ3) is 5.03. The van der Waals surface area contributed by atoms with Crippen molar-refractivity contribution in [1.82, 2.24) is 9.97 Å². The number of benzene rings is 1. The van der Waals surface area contributed by atoms with Gasteiger partial charge in [0.1, 0.15) is 5.82 Å². The number of nitrogens with two attached hydrogens (primary N) is 1. The zero-order valence-corrected chi connectivity index (χ0v) is 18.0. The van der Waals surface area contributed by atoms with Gasteiger partial charge in [-0.15, -0.1) is 0 Å². The maximum Gasteiger partial charge on any atom is 0.279 e. The molecule has 2 aromatic rings. The first-order valence-corrected chi connectivity index (χ1v) is 11.6. The van der Waals surface area contributed by atoms with Crippen molar-refractivity contribution in [3.8, 4) is 0 Å². The Kier molecular flexibility index (Phi) is 6.63. The lowest BCUT2D eigenvalue weighted by molar-refractivity contribution is -0.110. The number of nitrogens with one attached hydrogen (secondary N) is 1. The predicted octanol–water partition coefficient (Wildman–Crippen LogP) is 0.770. The Labute approximate surface area is 184 Å². The maximum absolute atomic E-state index is 12.9. The molecule has 0 bridgehead atoms. The van der Waals surface area contributed by atoms with Gasteiger partial charge in [0.2, 0.25) is 0 Å². The highest BCUT2D eigenvalue weighted by Gasteiger charge is 2.31. The third-order valence-corrected chi connectivity index (χ3v) is 7.27. The molecule has 2 atom stereocenters. The molecule has 0 unspecified atom stereocenters. The van der Waals surface area contributed by atoms with Gasteiger partial charge in [-0.3, -0.25) is 4.79 Å². The van der Waals surface area contributed by atoms with Crippen LogP contribution in [0, 0.1) is 0 Å². The first-order valence-electron chi connectivity index (χ1n) is 10.1. The zero-order chi connectivity index (χ0) is 22.6. The summed E-state index contributed by atoms with van der Waals surface area (Å²) in [4.78, 5) is 26.4. The smallest absolute Gasteiger partial charge is 0.279 e. The second-order valence-corrected chi connectivity index (χ2v) is 9.59. The lowest BCUT2D eigenvalue weighted by Gasteiger charge is -2.12. The van der Waals surface area contributed by atoms with Crippen molar-refractivity contribution >= 4 is 33.1 Å². The van der Waals surface area contributed by atoms with Gasteiger partial charge in [0.25, 0.3) is 5.91 Å². The molecule has 11 nitrogen and oxygen atoms in total. The fourth-order valence-electron chi connectivity index (χ4n) is 3.28. The molecule has 2 aliphatic heterocycles. The molecule has 4 rings (SSSR count). The quantitative estimate of drug-likeness (QED) is 0.449. The number of aromatic nitrogens is 2. The number of nitrogens with zero attached hydrogens (tertiary/aromatic N) is 3. The monoisotopic (exact) mass is 461 g/mol. The van der Waals surface area contributed by atoms with Crippen molar-refractivity contribution < 1.29 is 27.5 Å². The normalized spacial score (nSPS) is 21.4. The first-order chi connectivity index (χ1) is 15.4. The summed E-state index contributed by atoms with van der Waals surface area (Å²) in [5, 5.41) is 6.06. The number of anilines is 2. The van der Waals surface area contributed by atoms with E-state index in [1.807, 2.05) is 0 Å². The highest BCUT2D eigenvalue weighted by atomic mass is 32.2. The molecule has 1 aromatic heterocycles. The van der Waals surface area contributed by atoms with Gasteiger partial charge in [-0.1, -0.05) is 17.3 Å². The van der Waals surface area contributed by atoms with E-state index in [4.69, 9.17) is 20.0 Å². The van der Waals surface area contributed by atoms with Gasteiger partial charge in [-0.25, -0.2) is 18.4 Å². The summed E-state index contributed by atoms with van der Waals surface area (Å²) in [6, 6.07) is 5.94. The fraction of sp³-hybridized carbons (Fsp3) is 0.400. The molecule has 170 valence electrons. The van der Waals surface area contributed by atoms with Gasteiger partial charge in [-0.05, 0) is 18.6 Å². The van der Waals surface area contributed by atoms with Crippen molar-refractivity contribution in [3.63, 3.8) is 0 Å². The summed E-state index contributed by atoms with van der Waals surface area (Å²) in [7, 11) is -3.52. The summed E-state index contributed by atoms with van der Waals surface area (Å²) < 4.78 is 36.0. The highest BCUT2D eigenvalue weighted by molar-refractivity contribution is 7.92. The molecule has 1 amide bonds. The molecule has 2 fully saturated rings. The lowest BCUT2D eigenvalue weighted by atomic mass is 10.1. The number of carbonyl (C=O) groups excluding carboxylic acids is 1. The van der Waals surface area contributed by atoms with E-state index in [2.05, 4.69) is 20.4 Å². The Morgan fingerprint density at radius 3 is 2.47 bits per heavy atom. The number of oxime groups is 1. The molecule has 1 aromatic carbocycles. The third-order valence-electron chi connectivity index (χ3n) is 5.09. The Balaban J connectivity index is 1.57. The number of ether oxygens (including phenoxy) is 2. The van der Waals surface area contributed by atoms with Gasteiger partial charge < -0.3 is 25.4 Å². The molecule has 0 radical (unpaired) electrons. The van der Waals surface area contributed by atoms with Crippen LogP contribution in [0.5, 0.6) is 0 Å². The number of nitrogen functional groups attached to an aromatic ring is 1. The van der Waals surface area contributed by atoms with Crippen molar-refractivity contribution in [2.24, 2.45) is 5.16 Å². The second kappa shape index (κ2) is 9.59. The molecular weight excluding hydrogens is 438 g/mol. The van der Waals surface area contributed by atoms with Crippen molar-refractivity contribution in [1.29, 1.82) is 0 Å². The minimum Gasteiger partial charge on any atom is -0.389 e. The lowest BCUT2D eigenvalue weighted by Crippen LogP contribution is -2.26. The molecule has 3 heterocycles. The fourth-order valence-corrected chi connectivity index (χ4v) is 4.86. The Hall–Kier alpha value is -3.09. The van der Waals surface area contributed by atoms with Crippen LogP contribution in [0.25, 0.3) is 0 Å². The summed E-state index contributed by atoms with van der Waals surface area (Å²) in [6.07, 6.45) is 3.47. The minimum atomic E-state index is -3.52. The van der Waals surface area contributed by atoms with Crippen LogP contribution in [0.1, 0.15) is 18.4 Å². The van der Waals surface area contributed by atoms with Crippen LogP contribution in [0.4, 0.5) is 11.6 Å². The van der Waals surface area contributed by atoms with E-state index in [0.29, 0.717) is 38.2 Å². The van der Waals surface area contributed by atoms with Gasteiger partial charge in [-0.2, -0.15) is 0 Å². The van der Waals surface area contributed by atoms with Crippen LogP contribution in [-0.2, 0) is 28.9 Å². The van der Waals surface area contributed by atoms with E-state index < -0.39 is 21.0 Å². The topological polar surface area (TPSA) is 155 Å². The molecular formula is C20H23N5O6S. The maximum atomic E-state index is 12.9. The van der Waals surface area contributed by atoms with Gasteiger partial charge in [0.05, 0.1) is 42.4 Å². The van der Waals surface area contributed by atoms with Crippen molar-refractivity contribution in [2.75, 3.05) is 37.5 Å². The van der Waals surface area contributed by atoms with Crippen molar-refractivity contribution in [3.05, 3.63) is 42.2 Å². The van der Waals surface area contributed by atoms with Gasteiger partial charge in [0, 0.05) is 18.6 Å². The molecule has 32 heavy (non-hydrogen) atoms. The van der Waals surface area contributed by atoms with Crippen molar-refractivity contribution in [2.45, 2.75) is 29.1 Å². The number of sulfone groups is 1. The number of hydrogen-bond acceptors (Lipinski definition) is 10. The van der Waals surface area contributed by atoms with Crippen LogP contribution >= 0.6 is 0 Å². The summed E-state index contributed by atoms with van der Waals surface area (Å²) in [5.74, 6) is -0.199. The van der Waals surface area contributed by atoms with E-state index in [0.717, 1.165) is 0 Å². The average molecular weight is 462 g/mol. The minimum absolute atomic E-state index is 0.0383. The SMILES string of the molecule is Nc1cnc(NC(=O)C(=NO[C@@H]2CCOC2)c2ccc(S(=O)(=O)[C@H]3CCOC3)cc2)cn1. The van der Waals surface area contributed by atoms with Gasteiger partial charge >= 0.3 is 0 Å². The number of carbonyl (C=O) groups is 1. The molecule has 0 saturated carbocycles. The Bertz CT molecular complexity index is 1080. The van der Waals surface area contributed by atoms with E-state index >= 15 is 0 Å². The standard InChI is InChI=1S/C20H23N5O6S/c21-17-9-23-18(10-22-17)24-20(26)19(25-31-14-5-7-29-11-14)13-1-3-15(4-2-13)32(27,28)16-6-8-30-12-16/h1-4,9-10,14,16H,5-8,11-12H2,(H2,21,22)(H,23,24,26)/t14-,16+/m1/s1. The van der Waals surface area contributed by atoms with Crippen LogP contribution in [0.3, 0.4) is 0 Å². The second-order valence-electron chi connectivity index (χ2n) is 7.37. The van der Waals surface area contributed by atoms with Crippen LogP contribution < -0.4 is 11.1 Å². The molecule has 2 saturated heterocycles. The van der Waals surface area contributed by atoms with E-state index in [-0.39, 0.29) is 35.0 Å². The van der Waals surface area contributed by atoms with Crippen LogP contribution in [0.2, 0.25) is 0 Å². The zero-order valence-electron chi connectivity index (χ0n) is 17.1. The highest BCUT2D eigenvalue weighted by Crippen LogP contribution is 2.23. The number of hydrogen-bond donors (Lipinski definition) is 2. The van der Waals surface area contributed by atoms with Gasteiger partial charge in [0.15, 0.2) is 27.5 Å². The number of amides is 1. The molecule has 0 aliphatic carbocycles. The Morgan fingerprint density at radius 1 is 1.09 bits per heavy atom. The molecule has 12 heteroatoms.